The van der Waals surface area contributed by atoms with Crippen LogP contribution in [0.5, 0.6) is 0 Å². The van der Waals surface area contributed by atoms with E-state index < -0.39 is 0 Å². The number of carbonyl (C=O) groups is 2. The normalized spacial score (nSPS) is 10.5. The van der Waals surface area contributed by atoms with Crippen molar-refractivity contribution in [1.82, 2.24) is 15.2 Å². The first-order valence-corrected chi connectivity index (χ1v) is 7.49. The molecule has 1 N–H and O–H groups in total. The number of nitrogens with zero attached hydrogens (tertiary/aromatic N) is 2. The molecule has 0 aromatic carbocycles. The second kappa shape index (κ2) is 9.10. The number of nitrogens with one attached hydrogen (secondary N) is 1. The summed E-state index contributed by atoms with van der Waals surface area (Å²) in [6, 6.07) is 3.88. The van der Waals surface area contributed by atoms with Crippen LogP contribution in [0.4, 0.5) is 0 Å². The van der Waals surface area contributed by atoms with E-state index in [4.69, 9.17) is 0 Å². The Hall–Kier alpha value is -1.91. The van der Waals surface area contributed by atoms with Gasteiger partial charge in [0.15, 0.2) is 0 Å². The number of hydrogen-bond donors (Lipinski definition) is 1. The van der Waals surface area contributed by atoms with E-state index in [2.05, 4.69) is 10.3 Å². The molecule has 0 aliphatic carbocycles. The quantitative estimate of drug-likeness (QED) is 0.792. The number of carbonyl (C=O) groups excluding carboxylic acids is 2. The molecule has 2 amide bonds. The molecule has 5 nitrogen and oxygen atoms in total. The summed E-state index contributed by atoms with van der Waals surface area (Å²) in [5.74, 6) is -0.0980. The van der Waals surface area contributed by atoms with E-state index in [1.54, 1.807) is 24.3 Å². The van der Waals surface area contributed by atoms with Gasteiger partial charge in [-0.1, -0.05) is 13.8 Å². The Morgan fingerprint density at radius 3 is 2.43 bits per heavy atom. The lowest BCUT2D eigenvalue weighted by Crippen LogP contribution is -2.40. The van der Waals surface area contributed by atoms with Gasteiger partial charge in [-0.15, -0.1) is 0 Å². The van der Waals surface area contributed by atoms with E-state index >= 15 is 0 Å². The number of hydrogen-bond acceptors (Lipinski definition) is 3. The highest BCUT2D eigenvalue weighted by molar-refractivity contribution is 5.85. The van der Waals surface area contributed by atoms with Crippen molar-refractivity contribution in [3.63, 3.8) is 0 Å². The molecule has 5 heteroatoms. The van der Waals surface area contributed by atoms with Crippen molar-refractivity contribution in [2.75, 3.05) is 20.1 Å². The van der Waals surface area contributed by atoms with Gasteiger partial charge in [0.05, 0.1) is 6.54 Å². The van der Waals surface area contributed by atoms with Crippen LogP contribution in [0.25, 0.3) is 0 Å². The van der Waals surface area contributed by atoms with Gasteiger partial charge in [-0.05, 0) is 37.0 Å². The number of amides is 2. The zero-order valence-electron chi connectivity index (χ0n) is 13.1. The zero-order chi connectivity index (χ0) is 15.7. The average molecular weight is 291 g/mol. The van der Waals surface area contributed by atoms with E-state index in [1.165, 1.54) is 0 Å². The van der Waals surface area contributed by atoms with Crippen molar-refractivity contribution in [3.05, 3.63) is 30.1 Å². The minimum atomic E-state index is -0.0663. The Morgan fingerprint density at radius 2 is 1.86 bits per heavy atom. The van der Waals surface area contributed by atoms with Crippen LogP contribution in [0.2, 0.25) is 0 Å². The summed E-state index contributed by atoms with van der Waals surface area (Å²) in [6.07, 6.45) is 5.87. The summed E-state index contributed by atoms with van der Waals surface area (Å²) in [5, 5.41) is 2.72. The second-order valence-electron chi connectivity index (χ2n) is 5.15. The molecule has 1 aromatic rings. The third-order valence-electron chi connectivity index (χ3n) is 3.68. The fourth-order valence-corrected chi connectivity index (χ4v) is 2.07. The maximum absolute atomic E-state index is 12.0. The molecule has 0 aliphatic rings. The molecule has 0 fully saturated rings. The highest BCUT2D eigenvalue weighted by atomic mass is 16.2. The zero-order valence-corrected chi connectivity index (χ0v) is 13.1. The Bertz CT molecular complexity index is 444. The maximum atomic E-state index is 12.0. The monoisotopic (exact) mass is 291 g/mol. The van der Waals surface area contributed by atoms with E-state index in [0.717, 1.165) is 24.8 Å². The van der Waals surface area contributed by atoms with Crippen LogP contribution in [0.3, 0.4) is 0 Å². The van der Waals surface area contributed by atoms with Crippen molar-refractivity contribution in [3.8, 4) is 0 Å². The van der Waals surface area contributed by atoms with Gasteiger partial charge in [0.1, 0.15) is 0 Å². The highest BCUT2D eigenvalue weighted by Gasteiger charge is 2.16. The number of pyridine rings is 1. The third-order valence-corrected chi connectivity index (χ3v) is 3.68. The van der Waals surface area contributed by atoms with Crippen LogP contribution < -0.4 is 5.32 Å². The molecule has 1 rings (SSSR count). The summed E-state index contributed by atoms with van der Waals surface area (Å²) in [5.41, 5.74) is 1.14. The second-order valence-corrected chi connectivity index (χ2v) is 5.15. The molecule has 116 valence electrons. The SMILES string of the molecule is CCC(CC)C(=O)NCC(=O)N(C)CCc1ccncc1. The molecule has 0 radical (unpaired) electrons. The van der Waals surface area contributed by atoms with Crippen LogP contribution in [0.15, 0.2) is 24.5 Å². The van der Waals surface area contributed by atoms with E-state index in [0.29, 0.717) is 6.54 Å². The number of aromatic nitrogens is 1. The van der Waals surface area contributed by atoms with Gasteiger partial charge in [0.25, 0.3) is 0 Å². The molecule has 0 aliphatic heterocycles. The molecule has 1 aromatic heterocycles. The molecule has 0 spiro atoms. The predicted octanol–water partition coefficient (Wildman–Crippen LogP) is 1.63. The van der Waals surface area contributed by atoms with E-state index in [9.17, 15) is 9.59 Å². The molecule has 0 unspecified atom stereocenters. The first-order chi connectivity index (χ1) is 10.1. The summed E-state index contributed by atoms with van der Waals surface area (Å²) < 4.78 is 0. The average Bonchev–Trinajstić information content (AvgIpc) is 2.52. The Morgan fingerprint density at radius 1 is 1.24 bits per heavy atom. The lowest BCUT2D eigenvalue weighted by atomic mass is 10.0. The van der Waals surface area contributed by atoms with Crippen molar-refractivity contribution >= 4 is 11.8 Å². The molecule has 1 heterocycles. The lowest BCUT2D eigenvalue weighted by Gasteiger charge is -2.18. The summed E-state index contributed by atoms with van der Waals surface area (Å²) >= 11 is 0. The largest absolute Gasteiger partial charge is 0.347 e. The van der Waals surface area contributed by atoms with Gasteiger partial charge in [-0.2, -0.15) is 0 Å². The van der Waals surface area contributed by atoms with Gasteiger partial charge < -0.3 is 10.2 Å². The Labute approximate surface area is 126 Å². The van der Waals surface area contributed by atoms with Crippen LogP contribution in [0, 0.1) is 5.92 Å². The van der Waals surface area contributed by atoms with Crippen LogP contribution in [-0.4, -0.2) is 41.8 Å². The summed E-state index contributed by atoms with van der Waals surface area (Å²) in [6.45, 7) is 4.67. The number of likely N-dealkylation sites (N-methyl/N-ethyl adjacent to an activating group) is 1. The van der Waals surface area contributed by atoms with Gasteiger partial charge in [0.2, 0.25) is 11.8 Å². The van der Waals surface area contributed by atoms with Crippen molar-refractivity contribution in [2.24, 2.45) is 5.92 Å². The van der Waals surface area contributed by atoms with Crippen LogP contribution in [0.1, 0.15) is 32.3 Å². The topological polar surface area (TPSA) is 62.3 Å². The predicted molar refractivity (Wildman–Crippen MR) is 82.7 cm³/mol. The molecule has 0 atom stereocenters. The molecule has 0 bridgehead atoms. The summed E-state index contributed by atoms with van der Waals surface area (Å²) in [7, 11) is 1.76. The highest BCUT2D eigenvalue weighted by Crippen LogP contribution is 2.06. The Balaban J connectivity index is 2.33. The van der Waals surface area contributed by atoms with E-state index in [1.807, 2.05) is 26.0 Å². The molecular weight excluding hydrogens is 266 g/mol. The maximum Gasteiger partial charge on any atom is 0.241 e. The first kappa shape index (κ1) is 17.1. The smallest absolute Gasteiger partial charge is 0.241 e. The fourth-order valence-electron chi connectivity index (χ4n) is 2.07. The third kappa shape index (κ3) is 5.94. The first-order valence-electron chi connectivity index (χ1n) is 7.49. The molecule has 0 saturated heterocycles. The van der Waals surface area contributed by atoms with Crippen molar-refractivity contribution in [2.45, 2.75) is 33.1 Å². The van der Waals surface area contributed by atoms with E-state index in [-0.39, 0.29) is 24.3 Å². The molecular formula is C16H25N3O2. The van der Waals surface area contributed by atoms with Gasteiger partial charge >= 0.3 is 0 Å². The van der Waals surface area contributed by atoms with Crippen molar-refractivity contribution in [1.29, 1.82) is 0 Å². The Kier molecular flexibility index (Phi) is 7.43. The molecule has 21 heavy (non-hydrogen) atoms. The van der Waals surface area contributed by atoms with Gasteiger partial charge in [-0.3, -0.25) is 14.6 Å². The molecule has 0 saturated carbocycles. The standard InChI is InChI=1S/C16H25N3O2/c1-4-14(5-2)16(21)18-12-15(20)19(3)11-8-13-6-9-17-10-7-13/h6-7,9-10,14H,4-5,8,11-12H2,1-3H3,(H,18,21). The van der Waals surface area contributed by atoms with Gasteiger partial charge in [0, 0.05) is 31.9 Å². The van der Waals surface area contributed by atoms with Gasteiger partial charge in [-0.25, -0.2) is 0 Å². The summed E-state index contributed by atoms with van der Waals surface area (Å²) in [4.78, 5) is 29.4. The fraction of sp³-hybridized carbons (Fsp3) is 0.562. The minimum Gasteiger partial charge on any atom is -0.347 e. The van der Waals surface area contributed by atoms with Crippen LogP contribution >= 0.6 is 0 Å². The van der Waals surface area contributed by atoms with Crippen LogP contribution in [-0.2, 0) is 16.0 Å². The number of rotatable bonds is 8. The lowest BCUT2D eigenvalue weighted by molar-refractivity contribution is -0.133. The van der Waals surface area contributed by atoms with Crippen molar-refractivity contribution < 1.29 is 9.59 Å². The minimum absolute atomic E-state index is 0.0000696.